The molecule has 168 valence electrons. The summed E-state index contributed by atoms with van der Waals surface area (Å²) in [6.07, 6.45) is -1.66. The Bertz CT molecular complexity index is 1280. The molecule has 0 aliphatic carbocycles. The van der Waals surface area contributed by atoms with Gasteiger partial charge in [0.25, 0.3) is 23.5 Å². The molecule has 1 saturated heterocycles. The summed E-state index contributed by atoms with van der Waals surface area (Å²) in [5, 5.41) is 4.44. The summed E-state index contributed by atoms with van der Waals surface area (Å²) in [5.41, 5.74) is -0.411. The number of halogens is 2. The SMILES string of the molecule is CC(C)n1nc(C(=O)N2CCCC2c2nc3ccccc3c(=O)n2CC(F)F)ccc1=O. The van der Waals surface area contributed by atoms with Gasteiger partial charge in [-0.2, -0.15) is 5.10 Å². The highest BCUT2D eigenvalue weighted by Gasteiger charge is 2.35. The lowest BCUT2D eigenvalue weighted by atomic mass is 10.1. The molecule has 1 fully saturated rings. The summed E-state index contributed by atoms with van der Waals surface area (Å²) in [4.78, 5) is 44.3. The molecule has 0 saturated carbocycles. The molecule has 1 atom stereocenters. The summed E-state index contributed by atoms with van der Waals surface area (Å²) in [5.74, 6) is -0.301. The minimum atomic E-state index is -2.75. The van der Waals surface area contributed by atoms with Crippen LogP contribution in [0.3, 0.4) is 0 Å². The molecule has 1 unspecified atom stereocenters. The van der Waals surface area contributed by atoms with Crippen LogP contribution in [-0.2, 0) is 6.54 Å². The Morgan fingerprint density at radius 3 is 2.62 bits per heavy atom. The largest absolute Gasteiger partial charge is 0.327 e. The van der Waals surface area contributed by atoms with Crippen molar-refractivity contribution in [2.75, 3.05) is 6.54 Å². The van der Waals surface area contributed by atoms with Gasteiger partial charge >= 0.3 is 0 Å². The number of rotatable bonds is 5. The molecule has 0 bridgehead atoms. The number of likely N-dealkylation sites (tertiary alicyclic amines) is 1. The normalized spacial score (nSPS) is 16.4. The zero-order chi connectivity index (χ0) is 23.0. The molecule has 3 heterocycles. The van der Waals surface area contributed by atoms with E-state index in [-0.39, 0.29) is 28.5 Å². The van der Waals surface area contributed by atoms with E-state index in [2.05, 4.69) is 10.1 Å². The fourth-order valence-corrected chi connectivity index (χ4v) is 4.09. The van der Waals surface area contributed by atoms with Gasteiger partial charge in [0.1, 0.15) is 11.5 Å². The van der Waals surface area contributed by atoms with Crippen LogP contribution in [0.5, 0.6) is 0 Å². The van der Waals surface area contributed by atoms with E-state index < -0.39 is 30.5 Å². The highest BCUT2D eigenvalue weighted by Crippen LogP contribution is 2.32. The van der Waals surface area contributed by atoms with E-state index >= 15 is 0 Å². The van der Waals surface area contributed by atoms with Gasteiger partial charge in [0, 0.05) is 12.6 Å². The van der Waals surface area contributed by atoms with Crippen LogP contribution in [0.25, 0.3) is 10.9 Å². The number of hydrogen-bond donors (Lipinski definition) is 0. The third-order valence-electron chi connectivity index (χ3n) is 5.56. The van der Waals surface area contributed by atoms with Gasteiger partial charge in [-0.25, -0.2) is 18.4 Å². The predicted octanol–water partition coefficient (Wildman–Crippen LogP) is 2.78. The Morgan fingerprint density at radius 1 is 1.16 bits per heavy atom. The second-order valence-corrected chi connectivity index (χ2v) is 8.05. The molecule has 10 heteroatoms. The average molecular weight is 443 g/mol. The molecule has 2 aromatic heterocycles. The van der Waals surface area contributed by atoms with Crippen molar-refractivity contribution < 1.29 is 13.6 Å². The van der Waals surface area contributed by atoms with Gasteiger partial charge < -0.3 is 4.90 Å². The highest BCUT2D eigenvalue weighted by molar-refractivity contribution is 5.92. The fraction of sp³-hybridized carbons (Fsp3) is 0.409. The van der Waals surface area contributed by atoms with E-state index in [0.29, 0.717) is 24.9 Å². The molecule has 1 aliphatic heterocycles. The van der Waals surface area contributed by atoms with Crippen molar-refractivity contribution in [3.05, 3.63) is 68.6 Å². The van der Waals surface area contributed by atoms with Gasteiger partial charge in [0.15, 0.2) is 0 Å². The van der Waals surface area contributed by atoms with Crippen molar-refractivity contribution in [3.63, 3.8) is 0 Å². The van der Waals surface area contributed by atoms with Crippen LogP contribution in [0.2, 0.25) is 0 Å². The number of carbonyl (C=O) groups is 1. The van der Waals surface area contributed by atoms with E-state index in [4.69, 9.17) is 0 Å². The van der Waals surface area contributed by atoms with Gasteiger partial charge in [0.2, 0.25) is 0 Å². The quantitative estimate of drug-likeness (QED) is 0.605. The third kappa shape index (κ3) is 3.92. The van der Waals surface area contributed by atoms with E-state index in [1.807, 2.05) is 0 Å². The van der Waals surface area contributed by atoms with Crippen LogP contribution in [0.4, 0.5) is 8.78 Å². The Morgan fingerprint density at radius 2 is 1.91 bits per heavy atom. The monoisotopic (exact) mass is 443 g/mol. The second kappa shape index (κ2) is 8.60. The molecule has 3 aromatic rings. The number of amides is 1. The maximum atomic E-state index is 13.3. The Hall–Kier alpha value is -3.43. The first-order valence-corrected chi connectivity index (χ1v) is 10.5. The van der Waals surface area contributed by atoms with Crippen molar-refractivity contribution in [3.8, 4) is 0 Å². The molecular weight excluding hydrogens is 420 g/mol. The van der Waals surface area contributed by atoms with Crippen LogP contribution in [0.1, 0.15) is 55.1 Å². The van der Waals surface area contributed by atoms with Crippen molar-refractivity contribution in [1.29, 1.82) is 0 Å². The van der Waals surface area contributed by atoms with Crippen molar-refractivity contribution in [2.45, 2.75) is 51.7 Å². The lowest BCUT2D eigenvalue weighted by Gasteiger charge is -2.26. The number of fused-ring (bicyclic) bond motifs is 1. The van der Waals surface area contributed by atoms with E-state index in [0.717, 1.165) is 4.57 Å². The molecule has 8 nitrogen and oxygen atoms in total. The maximum Gasteiger partial charge on any atom is 0.274 e. The summed E-state index contributed by atoms with van der Waals surface area (Å²) in [6, 6.07) is 8.32. The second-order valence-electron chi connectivity index (χ2n) is 8.05. The Kier molecular flexibility index (Phi) is 5.86. The molecule has 0 spiro atoms. The van der Waals surface area contributed by atoms with Crippen molar-refractivity contribution in [2.24, 2.45) is 0 Å². The molecule has 1 amide bonds. The topological polar surface area (TPSA) is 90.1 Å². The first-order valence-electron chi connectivity index (χ1n) is 10.5. The molecule has 4 rings (SSSR count). The lowest BCUT2D eigenvalue weighted by molar-refractivity contribution is 0.0711. The van der Waals surface area contributed by atoms with Crippen LogP contribution in [-0.4, -0.2) is 43.1 Å². The smallest absolute Gasteiger partial charge is 0.274 e. The van der Waals surface area contributed by atoms with Crippen LogP contribution in [0.15, 0.2) is 46.0 Å². The van der Waals surface area contributed by atoms with E-state index in [1.165, 1.54) is 21.7 Å². The molecular formula is C22H23F2N5O3. The first-order chi connectivity index (χ1) is 15.3. The fourth-order valence-electron chi connectivity index (χ4n) is 4.09. The van der Waals surface area contributed by atoms with Gasteiger partial charge in [0.05, 0.1) is 29.5 Å². The zero-order valence-corrected chi connectivity index (χ0v) is 17.7. The van der Waals surface area contributed by atoms with Gasteiger partial charge in [-0.3, -0.25) is 19.0 Å². The molecule has 1 aliphatic rings. The van der Waals surface area contributed by atoms with Gasteiger partial charge in [-0.05, 0) is 44.9 Å². The number of hydrogen-bond acceptors (Lipinski definition) is 5. The lowest BCUT2D eigenvalue weighted by Crippen LogP contribution is -2.37. The number of alkyl halides is 2. The van der Waals surface area contributed by atoms with Gasteiger partial charge in [-0.15, -0.1) is 0 Å². The minimum absolute atomic E-state index is 0.0775. The number of carbonyl (C=O) groups excluding carboxylic acids is 1. The van der Waals surface area contributed by atoms with Crippen LogP contribution < -0.4 is 11.1 Å². The van der Waals surface area contributed by atoms with E-state index in [9.17, 15) is 23.2 Å². The predicted molar refractivity (Wildman–Crippen MR) is 114 cm³/mol. The Labute approximate surface area is 182 Å². The Balaban J connectivity index is 1.80. The molecule has 32 heavy (non-hydrogen) atoms. The summed E-state index contributed by atoms with van der Waals surface area (Å²) < 4.78 is 28.9. The third-order valence-corrected chi connectivity index (χ3v) is 5.56. The highest BCUT2D eigenvalue weighted by atomic mass is 19.3. The summed E-state index contributed by atoms with van der Waals surface area (Å²) >= 11 is 0. The van der Waals surface area contributed by atoms with Gasteiger partial charge in [-0.1, -0.05) is 12.1 Å². The van der Waals surface area contributed by atoms with Crippen LogP contribution >= 0.6 is 0 Å². The average Bonchev–Trinajstić information content (AvgIpc) is 3.24. The van der Waals surface area contributed by atoms with Crippen molar-refractivity contribution in [1.82, 2.24) is 24.2 Å². The zero-order valence-electron chi connectivity index (χ0n) is 17.7. The first kappa shape index (κ1) is 21.8. The molecule has 1 aromatic carbocycles. The molecule has 0 radical (unpaired) electrons. The molecule has 0 N–H and O–H groups in total. The number of benzene rings is 1. The standard InChI is InChI=1S/C22H23F2N5O3/c1-13(2)29-19(30)10-9-16(26-29)22(32)27-11-5-8-17(27)20-25-15-7-4-3-6-14(15)21(31)28(20)12-18(23)24/h3-4,6-7,9-10,13,17-18H,5,8,11-12H2,1-2H3. The van der Waals surface area contributed by atoms with Crippen LogP contribution in [0, 0.1) is 0 Å². The number of nitrogens with zero attached hydrogens (tertiary/aromatic N) is 5. The minimum Gasteiger partial charge on any atom is -0.327 e. The van der Waals surface area contributed by atoms with Crippen molar-refractivity contribution >= 4 is 16.8 Å². The summed E-state index contributed by atoms with van der Waals surface area (Å²) in [6.45, 7) is 3.12. The van der Waals surface area contributed by atoms with E-state index in [1.54, 1.807) is 38.1 Å². The summed E-state index contributed by atoms with van der Waals surface area (Å²) in [7, 11) is 0. The number of aromatic nitrogens is 4. The number of para-hydroxylation sites is 1. The maximum absolute atomic E-state index is 13.3.